The molecule has 1 heterocycles. The van der Waals surface area contributed by atoms with Crippen molar-refractivity contribution in [1.82, 2.24) is 9.55 Å². The van der Waals surface area contributed by atoms with Gasteiger partial charge in [-0.05, 0) is 32.8 Å². The van der Waals surface area contributed by atoms with Gasteiger partial charge in [-0.1, -0.05) is 44.2 Å². The summed E-state index contributed by atoms with van der Waals surface area (Å²) in [4.78, 5) is 4.88. The fourth-order valence-corrected chi connectivity index (χ4v) is 2.86. The Morgan fingerprint density at radius 1 is 1.19 bits per heavy atom. The summed E-state index contributed by atoms with van der Waals surface area (Å²) in [6.45, 7) is 10.9. The molecule has 0 spiro atoms. The van der Waals surface area contributed by atoms with Crippen molar-refractivity contribution in [1.29, 1.82) is 0 Å². The smallest absolute Gasteiger partial charge is 0.127 e. The van der Waals surface area contributed by atoms with Gasteiger partial charge in [-0.15, -0.1) is 0 Å². The highest BCUT2D eigenvalue weighted by atomic mass is 15.2. The lowest BCUT2D eigenvalue weighted by Gasteiger charge is -2.25. The number of aromatic nitrogens is 2. The first-order chi connectivity index (χ1) is 9.86. The predicted octanol–water partition coefficient (Wildman–Crippen LogP) is 4.32. The van der Waals surface area contributed by atoms with Gasteiger partial charge in [0.1, 0.15) is 11.6 Å². The number of nitrogens with zero attached hydrogens (tertiary/aromatic N) is 2. The molecule has 1 aromatic heterocycles. The molecule has 0 bridgehead atoms. The number of benzene rings is 1. The molecule has 0 aliphatic heterocycles. The third-order valence-corrected chi connectivity index (χ3v) is 3.87. The lowest BCUT2D eigenvalue weighted by Crippen LogP contribution is -2.25. The van der Waals surface area contributed by atoms with E-state index in [1.165, 1.54) is 5.56 Å². The van der Waals surface area contributed by atoms with Crippen LogP contribution < -0.4 is 5.73 Å². The number of hydrogen-bond acceptors (Lipinski definition) is 2. The molecule has 0 saturated heterocycles. The van der Waals surface area contributed by atoms with E-state index in [1.807, 2.05) is 6.07 Å². The first kappa shape index (κ1) is 15.6. The van der Waals surface area contributed by atoms with E-state index in [0.717, 1.165) is 30.2 Å². The molecule has 0 fully saturated rings. The van der Waals surface area contributed by atoms with Gasteiger partial charge in [0.15, 0.2) is 0 Å². The Kier molecular flexibility index (Phi) is 4.40. The first-order valence-corrected chi connectivity index (χ1v) is 7.78. The van der Waals surface area contributed by atoms with Gasteiger partial charge in [-0.3, -0.25) is 0 Å². The van der Waals surface area contributed by atoms with Gasteiger partial charge < -0.3 is 10.3 Å². The van der Waals surface area contributed by atoms with Crippen LogP contribution in [0.3, 0.4) is 0 Å². The van der Waals surface area contributed by atoms with Crippen LogP contribution >= 0.6 is 0 Å². The maximum atomic E-state index is 6.46. The molecule has 3 nitrogen and oxygen atoms in total. The SMILES string of the molecule is CCCc1nc(C(C)c2ccccc2)c(N)n1C(C)(C)C. The molecular formula is C18H27N3. The molecule has 0 amide bonds. The highest BCUT2D eigenvalue weighted by molar-refractivity contribution is 5.45. The summed E-state index contributed by atoms with van der Waals surface area (Å²) >= 11 is 0. The number of anilines is 1. The Labute approximate surface area is 128 Å². The largest absolute Gasteiger partial charge is 0.384 e. The third-order valence-electron chi connectivity index (χ3n) is 3.87. The van der Waals surface area contributed by atoms with Gasteiger partial charge >= 0.3 is 0 Å². The van der Waals surface area contributed by atoms with E-state index in [1.54, 1.807) is 0 Å². The number of nitrogen functional groups attached to an aromatic ring is 1. The summed E-state index contributed by atoms with van der Waals surface area (Å²) in [5, 5.41) is 0. The molecule has 0 radical (unpaired) electrons. The van der Waals surface area contributed by atoms with Crippen molar-refractivity contribution >= 4 is 5.82 Å². The Bertz CT molecular complexity index is 591. The number of nitrogens with two attached hydrogens (primary N) is 1. The van der Waals surface area contributed by atoms with Gasteiger partial charge in [0, 0.05) is 17.9 Å². The molecule has 2 aromatic rings. The average molecular weight is 285 g/mol. The Morgan fingerprint density at radius 3 is 2.33 bits per heavy atom. The van der Waals surface area contributed by atoms with Crippen LogP contribution in [0.5, 0.6) is 0 Å². The van der Waals surface area contributed by atoms with E-state index in [2.05, 4.69) is 63.5 Å². The second-order valence-electron chi connectivity index (χ2n) is 6.69. The van der Waals surface area contributed by atoms with Crippen molar-refractivity contribution in [2.45, 2.75) is 58.9 Å². The molecule has 0 aliphatic carbocycles. The van der Waals surface area contributed by atoms with Crippen molar-refractivity contribution in [3.05, 3.63) is 47.4 Å². The predicted molar refractivity (Wildman–Crippen MR) is 89.6 cm³/mol. The Morgan fingerprint density at radius 2 is 1.81 bits per heavy atom. The minimum absolute atomic E-state index is 0.0454. The molecular weight excluding hydrogens is 258 g/mol. The second-order valence-corrected chi connectivity index (χ2v) is 6.69. The topological polar surface area (TPSA) is 43.8 Å². The molecule has 3 heteroatoms. The van der Waals surface area contributed by atoms with Crippen LogP contribution in [0.15, 0.2) is 30.3 Å². The summed E-state index contributed by atoms with van der Waals surface area (Å²) in [6.07, 6.45) is 2.04. The zero-order chi connectivity index (χ0) is 15.6. The molecule has 2 N–H and O–H groups in total. The Balaban J connectivity index is 2.50. The molecule has 1 aromatic carbocycles. The van der Waals surface area contributed by atoms with Gasteiger partial charge in [-0.2, -0.15) is 0 Å². The fraction of sp³-hybridized carbons (Fsp3) is 0.500. The van der Waals surface area contributed by atoms with E-state index in [0.29, 0.717) is 0 Å². The quantitative estimate of drug-likeness (QED) is 0.909. The number of rotatable bonds is 4. The molecule has 0 saturated carbocycles. The van der Waals surface area contributed by atoms with Gasteiger partial charge in [0.25, 0.3) is 0 Å². The maximum absolute atomic E-state index is 6.46. The lowest BCUT2D eigenvalue weighted by atomic mass is 9.97. The molecule has 2 rings (SSSR count). The maximum Gasteiger partial charge on any atom is 0.127 e. The standard InChI is InChI=1S/C18H27N3/c1-6-10-15-20-16(17(19)21(15)18(3,4)5)13(2)14-11-8-7-9-12-14/h7-9,11-13H,6,10,19H2,1-5H3. The summed E-state index contributed by atoms with van der Waals surface area (Å²) in [6, 6.07) is 10.4. The van der Waals surface area contributed by atoms with Crippen LogP contribution in [0.25, 0.3) is 0 Å². The normalized spacial score (nSPS) is 13.4. The summed E-state index contributed by atoms with van der Waals surface area (Å²) in [7, 11) is 0. The summed E-state index contributed by atoms with van der Waals surface area (Å²) < 4.78 is 2.20. The van der Waals surface area contributed by atoms with Crippen molar-refractivity contribution in [2.24, 2.45) is 0 Å². The van der Waals surface area contributed by atoms with Crippen LogP contribution in [-0.4, -0.2) is 9.55 Å². The molecule has 1 atom stereocenters. The molecule has 1 unspecified atom stereocenters. The van der Waals surface area contributed by atoms with Crippen LogP contribution in [0.2, 0.25) is 0 Å². The van der Waals surface area contributed by atoms with Crippen molar-refractivity contribution in [2.75, 3.05) is 5.73 Å². The van der Waals surface area contributed by atoms with Crippen molar-refractivity contribution in [3.63, 3.8) is 0 Å². The summed E-state index contributed by atoms with van der Waals surface area (Å²) in [5.41, 5.74) is 8.67. The number of aryl methyl sites for hydroxylation is 1. The monoisotopic (exact) mass is 285 g/mol. The Hall–Kier alpha value is -1.77. The van der Waals surface area contributed by atoms with Crippen LogP contribution in [0.1, 0.15) is 64.0 Å². The minimum Gasteiger partial charge on any atom is -0.384 e. The molecule has 21 heavy (non-hydrogen) atoms. The number of hydrogen-bond donors (Lipinski definition) is 1. The van der Waals surface area contributed by atoms with Gasteiger partial charge in [0.05, 0.1) is 5.69 Å². The van der Waals surface area contributed by atoms with Crippen LogP contribution in [0, 0.1) is 0 Å². The third kappa shape index (κ3) is 3.12. The van der Waals surface area contributed by atoms with Gasteiger partial charge in [0.2, 0.25) is 0 Å². The zero-order valence-electron chi connectivity index (χ0n) is 13.9. The first-order valence-electron chi connectivity index (χ1n) is 7.78. The molecule has 114 valence electrons. The average Bonchev–Trinajstić information content (AvgIpc) is 2.76. The van der Waals surface area contributed by atoms with E-state index < -0.39 is 0 Å². The van der Waals surface area contributed by atoms with Crippen molar-refractivity contribution < 1.29 is 0 Å². The summed E-state index contributed by atoms with van der Waals surface area (Å²) in [5.74, 6) is 2.12. The lowest BCUT2D eigenvalue weighted by molar-refractivity contribution is 0.387. The van der Waals surface area contributed by atoms with E-state index >= 15 is 0 Å². The van der Waals surface area contributed by atoms with E-state index in [4.69, 9.17) is 10.7 Å². The van der Waals surface area contributed by atoms with Crippen LogP contribution in [0.4, 0.5) is 5.82 Å². The molecule has 0 aliphatic rings. The highest BCUT2D eigenvalue weighted by Crippen LogP contribution is 2.32. The van der Waals surface area contributed by atoms with Gasteiger partial charge in [-0.25, -0.2) is 4.98 Å². The van der Waals surface area contributed by atoms with E-state index in [-0.39, 0.29) is 11.5 Å². The number of imidazole rings is 1. The van der Waals surface area contributed by atoms with Crippen molar-refractivity contribution in [3.8, 4) is 0 Å². The zero-order valence-corrected chi connectivity index (χ0v) is 13.9. The fourth-order valence-electron chi connectivity index (χ4n) is 2.86. The minimum atomic E-state index is -0.0454. The van der Waals surface area contributed by atoms with E-state index in [9.17, 15) is 0 Å². The van der Waals surface area contributed by atoms with Crippen LogP contribution in [-0.2, 0) is 12.0 Å². The second kappa shape index (κ2) is 5.92. The highest BCUT2D eigenvalue weighted by Gasteiger charge is 2.26.